The molecule has 112 valence electrons. The van der Waals surface area contributed by atoms with Crippen molar-refractivity contribution in [2.45, 2.75) is 25.7 Å². The topological polar surface area (TPSA) is 42.7 Å². The van der Waals surface area contributed by atoms with Crippen LogP contribution in [0, 0.1) is 0 Å². The first-order chi connectivity index (χ1) is 10.3. The molecule has 1 aromatic heterocycles. The summed E-state index contributed by atoms with van der Waals surface area (Å²) in [5.41, 5.74) is 0.568. The van der Waals surface area contributed by atoms with Crippen molar-refractivity contribution in [1.82, 2.24) is 4.90 Å². The number of hydrogen-bond donors (Lipinski definition) is 0. The molecule has 0 amide bonds. The van der Waals surface area contributed by atoms with Crippen molar-refractivity contribution in [3.05, 3.63) is 40.8 Å². The lowest BCUT2D eigenvalue weighted by Crippen LogP contribution is -2.31. The molecule has 1 aromatic carbocycles. The van der Waals surface area contributed by atoms with E-state index in [9.17, 15) is 4.79 Å². The Morgan fingerprint density at radius 2 is 2.00 bits per heavy atom. The first-order valence-electron chi connectivity index (χ1n) is 7.70. The third kappa shape index (κ3) is 3.64. The highest BCUT2D eigenvalue weighted by Gasteiger charge is 2.09. The Morgan fingerprint density at radius 3 is 2.86 bits per heavy atom. The van der Waals surface area contributed by atoms with Crippen molar-refractivity contribution < 1.29 is 9.15 Å². The fourth-order valence-corrected chi connectivity index (χ4v) is 2.81. The summed E-state index contributed by atoms with van der Waals surface area (Å²) in [4.78, 5) is 14.2. The summed E-state index contributed by atoms with van der Waals surface area (Å²) >= 11 is 0. The van der Waals surface area contributed by atoms with Gasteiger partial charge in [-0.3, -0.25) is 4.79 Å². The fraction of sp³-hybridized carbons (Fsp3) is 0.471. The molecule has 0 bridgehead atoms. The Morgan fingerprint density at radius 1 is 1.14 bits per heavy atom. The molecule has 0 aliphatic carbocycles. The minimum absolute atomic E-state index is 0.0324. The van der Waals surface area contributed by atoms with Gasteiger partial charge in [0.15, 0.2) is 5.43 Å². The lowest BCUT2D eigenvalue weighted by atomic mass is 10.1. The van der Waals surface area contributed by atoms with Crippen molar-refractivity contribution >= 4 is 11.0 Å². The van der Waals surface area contributed by atoms with E-state index in [4.69, 9.17) is 9.15 Å². The second-order valence-corrected chi connectivity index (χ2v) is 5.55. The predicted octanol–water partition coefficient (Wildman–Crippen LogP) is 3.05. The minimum Gasteiger partial charge on any atom is -0.494 e. The molecule has 4 heteroatoms. The Balaban J connectivity index is 1.53. The van der Waals surface area contributed by atoms with Crippen LogP contribution in [0.3, 0.4) is 0 Å². The van der Waals surface area contributed by atoms with Crippen molar-refractivity contribution in [3.63, 3.8) is 0 Å². The van der Waals surface area contributed by atoms with E-state index >= 15 is 0 Å². The molecule has 21 heavy (non-hydrogen) atoms. The van der Waals surface area contributed by atoms with E-state index < -0.39 is 0 Å². The molecule has 1 fully saturated rings. The first kappa shape index (κ1) is 14.1. The molecule has 0 unspecified atom stereocenters. The molecule has 1 aliphatic rings. The highest BCUT2D eigenvalue weighted by Crippen LogP contribution is 2.18. The van der Waals surface area contributed by atoms with Crippen LogP contribution in [-0.2, 0) is 0 Å². The Bertz CT molecular complexity index is 644. The number of fused-ring (bicyclic) bond motifs is 1. The number of hydrogen-bond acceptors (Lipinski definition) is 4. The second-order valence-electron chi connectivity index (χ2n) is 5.55. The van der Waals surface area contributed by atoms with Gasteiger partial charge in [0, 0.05) is 12.6 Å². The molecular formula is C17H21NO3. The monoisotopic (exact) mass is 287 g/mol. The van der Waals surface area contributed by atoms with Crippen LogP contribution in [0.5, 0.6) is 5.75 Å². The number of benzene rings is 1. The molecule has 0 atom stereocenters. The van der Waals surface area contributed by atoms with Crippen molar-refractivity contribution in [2.75, 3.05) is 26.2 Å². The van der Waals surface area contributed by atoms with Gasteiger partial charge in [0.25, 0.3) is 0 Å². The molecule has 4 nitrogen and oxygen atoms in total. The van der Waals surface area contributed by atoms with Crippen LogP contribution in [0.2, 0.25) is 0 Å². The number of ether oxygens (including phenoxy) is 1. The molecule has 2 aromatic rings. The third-order valence-electron chi connectivity index (χ3n) is 3.97. The molecule has 2 heterocycles. The highest BCUT2D eigenvalue weighted by atomic mass is 16.5. The van der Waals surface area contributed by atoms with Crippen molar-refractivity contribution in [3.8, 4) is 5.75 Å². The smallest absolute Gasteiger partial charge is 0.192 e. The van der Waals surface area contributed by atoms with E-state index in [1.807, 2.05) is 6.07 Å². The molecule has 1 aliphatic heterocycles. The maximum Gasteiger partial charge on any atom is 0.192 e. The maximum absolute atomic E-state index is 11.7. The molecule has 0 spiro atoms. The maximum atomic E-state index is 11.7. The van der Waals surface area contributed by atoms with E-state index in [0.717, 1.165) is 18.7 Å². The summed E-state index contributed by atoms with van der Waals surface area (Å²) in [6.07, 6.45) is 6.44. The number of rotatable bonds is 5. The summed E-state index contributed by atoms with van der Waals surface area (Å²) in [7, 11) is 0. The van der Waals surface area contributed by atoms with Gasteiger partial charge in [-0.1, -0.05) is 6.42 Å². The van der Waals surface area contributed by atoms with Crippen LogP contribution in [0.25, 0.3) is 11.0 Å². The van der Waals surface area contributed by atoms with Crippen LogP contribution in [0.15, 0.2) is 39.7 Å². The quantitative estimate of drug-likeness (QED) is 0.793. The molecule has 0 N–H and O–H groups in total. The molecule has 1 saturated heterocycles. The molecular weight excluding hydrogens is 266 g/mol. The van der Waals surface area contributed by atoms with E-state index in [0.29, 0.717) is 17.6 Å². The van der Waals surface area contributed by atoms with Crippen molar-refractivity contribution in [1.29, 1.82) is 0 Å². The van der Waals surface area contributed by atoms with Crippen LogP contribution < -0.4 is 10.2 Å². The zero-order valence-corrected chi connectivity index (χ0v) is 12.2. The fourth-order valence-electron chi connectivity index (χ4n) is 2.81. The van der Waals surface area contributed by atoms with E-state index in [2.05, 4.69) is 4.90 Å². The standard InChI is InChI=1S/C17H21NO3/c19-16-7-12-21-17-6-5-14(13-15(16)17)20-11-4-10-18-8-2-1-3-9-18/h5-7,12-13H,1-4,8-11H2. The number of piperidine rings is 1. The van der Waals surface area contributed by atoms with E-state index in [-0.39, 0.29) is 5.43 Å². The van der Waals surface area contributed by atoms with E-state index in [1.54, 1.807) is 12.1 Å². The number of likely N-dealkylation sites (tertiary alicyclic amines) is 1. The van der Waals surface area contributed by atoms with Crippen LogP contribution in [0.4, 0.5) is 0 Å². The Kier molecular flexibility index (Phi) is 4.55. The second kappa shape index (κ2) is 6.76. The third-order valence-corrected chi connectivity index (χ3v) is 3.97. The summed E-state index contributed by atoms with van der Waals surface area (Å²) in [6, 6.07) is 6.84. The summed E-state index contributed by atoms with van der Waals surface area (Å²) < 4.78 is 11.0. The average molecular weight is 287 g/mol. The van der Waals surface area contributed by atoms with Gasteiger partial charge in [-0.25, -0.2) is 0 Å². The Hall–Kier alpha value is -1.81. The SMILES string of the molecule is O=c1ccoc2ccc(OCCCN3CCCCC3)cc12. The molecule has 0 saturated carbocycles. The minimum atomic E-state index is -0.0324. The van der Waals surface area contributed by atoms with Crippen LogP contribution in [-0.4, -0.2) is 31.1 Å². The van der Waals surface area contributed by atoms with Gasteiger partial charge in [-0.2, -0.15) is 0 Å². The Labute approximate surface area is 124 Å². The molecule has 3 rings (SSSR count). The van der Waals surface area contributed by atoms with Gasteiger partial charge < -0.3 is 14.1 Å². The predicted molar refractivity (Wildman–Crippen MR) is 82.9 cm³/mol. The number of nitrogens with zero attached hydrogens (tertiary/aromatic N) is 1. The zero-order chi connectivity index (χ0) is 14.5. The van der Waals surface area contributed by atoms with Gasteiger partial charge in [0.2, 0.25) is 0 Å². The highest BCUT2D eigenvalue weighted by molar-refractivity contribution is 5.77. The lowest BCUT2D eigenvalue weighted by Gasteiger charge is -2.26. The summed E-state index contributed by atoms with van der Waals surface area (Å²) in [5.74, 6) is 0.736. The molecule has 0 radical (unpaired) electrons. The van der Waals surface area contributed by atoms with Crippen LogP contribution in [0.1, 0.15) is 25.7 Å². The van der Waals surface area contributed by atoms with Crippen LogP contribution >= 0.6 is 0 Å². The largest absolute Gasteiger partial charge is 0.494 e. The normalized spacial score (nSPS) is 16.2. The summed E-state index contributed by atoms with van der Waals surface area (Å²) in [5, 5.41) is 0.575. The van der Waals surface area contributed by atoms with Crippen molar-refractivity contribution in [2.24, 2.45) is 0 Å². The van der Waals surface area contributed by atoms with Gasteiger partial charge in [-0.05, 0) is 50.6 Å². The van der Waals surface area contributed by atoms with Gasteiger partial charge >= 0.3 is 0 Å². The van der Waals surface area contributed by atoms with Gasteiger partial charge in [0.05, 0.1) is 18.3 Å². The zero-order valence-electron chi connectivity index (χ0n) is 12.2. The average Bonchev–Trinajstić information content (AvgIpc) is 2.53. The van der Waals surface area contributed by atoms with E-state index in [1.165, 1.54) is 44.7 Å². The van der Waals surface area contributed by atoms with Gasteiger partial charge in [0.1, 0.15) is 11.3 Å². The first-order valence-corrected chi connectivity index (χ1v) is 7.70. The summed E-state index contributed by atoms with van der Waals surface area (Å²) in [6.45, 7) is 4.21. The van der Waals surface area contributed by atoms with Gasteiger partial charge in [-0.15, -0.1) is 0 Å². The lowest BCUT2D eigenvalue weighted by molar-refractivity contribution is 0.205.